The molecule has 1 unspecified atom stereocenters. The highest BCUT2D eigenvalue weighted by molar-refractivity contribution is 7.15. The van der Waals surface area contributed by atoms with Crippen LogP contribution in [0.5, 0.6) is 0 Å². The third-order valence-corrected chi connectivity index (χ3v) is 3.89. The quantitative estimate of drug-likeness (QED) is 0.920. The predicted molar refractivity (Wildman–Crippen MR) is 62.9 cm³/mol. The predicted octanol–water partition coefficient (Wildman–Crippen LogP) is 2.18. The van der Waals surface area contributed by atoms with Gasteiger partial charge in [-0.15, -0.1) is 0 Å². The Morgan fingerprint density at radius 3 is 2.95 bits per heavy atom. The Bertz CT molecular complexity index is 576. The van der Waals surface area contributed by atoms with Crippen LogP contribution in [0.4, 0.5) is 18.3 Å². The second-order valence-electron chi connectivity index (χ2n) is 4.27. The number of nitrogens with one attached hydrogen (secondary N) is 1. The van der Waals surface area contributed by atoms with E-state index in [0.717, 1.165) is 24.9 Å². The molecule has 0 saturated carbocycles. The lowest BCUT2D eigenvalue weighted by Crippen LogP contribution is -2.31. The molecular formula is C10H10F3N5S. The smallest absolute Gasteiger partial charge is 0.357 e. The lowest BCUT2D eigenvalue weighted by molar-refractivity contribution is -0.134. The molecule has 2 aromatic heterocycles. The lowest BCUT2D eigenvalue weighted by Gasteiger charge is -2.23. The molecule has 3 rings (SSSR count). The Hall–Kier alpha value is -1.64. The topological polar surface area (TPSA) is 55.6 Å². The third kappa shape index (κ3) is 2.55. The van der Waals surface area contributed by atoms with Crippen LogP contribution in [-0.2, 0) is 19.1 Å². The molecule has 0 amide bonds. The summed E-state index contributed by atoms with van der Waals surface area (Å²) in [5, 5.41) is 7.38. The number of halogens is 3. The third-order valence-electron chi connectivity index (χ3n) is 2.92. The summed E-state index contributed by atoms with van der Waals surface area (Å²) in [6.45, 7) is 0.594. The first-order valence-electron chi connectivity index (χ1n) is 5.68. The zero-order chi connectivity index (χ0) is 13.5. The summed E-state index contributed by atoms with van der Waals surface area (Å²) in [6.07, 6.45) is -0.419. The van der Waals surface area contributed by atoms with Crippen LogP contribution >= 0.6 is 11.3 Å². The molecule has 0 bridgehead atoms. The van der Waals surface area contributed by atoms with Gasteiger partial charge >= 0.3 is 6.18 Å². The van der Waals surface area contributed by atoms with Crippen LogP contribution in [0, 0.1) is 0 Å². The molecule has 0 aliphatic carbocycles. The van der Waals surface area contributed by atoms with Gasteiger partial charge in [-0.1, -0.05) is 11.3 Å². The second kappa shape index (κ2) is 4.48. The first kappa shape index (κ1) is 12.4. The average Bonchev–Trinajstić information content (AvgIpc) is 2.95. The first-order chi connectivity index (χ1) is 9.02. The van der Waals surface area contributed by atoms with Gasteiger partial charge in [0.1, 0.15) is 17.0 Å². The van der Waals surface area contributed by atoms with Crippen molar-refractivity contribution in [1.29, 1.82) is 0 Å². The second-order valence-corrected chi connectivity index (χ2v) is 5.30. The van der Waals surface area contributed by atoms with E-state index in [0.29, 0.717) is 23.0 Å². The molecule has 1 atom stereocenters. The fourth-order valence-electron chi connectivity index (χ4n) is 2.00. The van der Waals surface area contributed by atoms with Crippen molar-refractivity contribution in [3.05, 3.63) is 23.2 Å². The first-order valence-corrected chi connectivity index (χ1v) is 6.50. The number of aryl methyl sites for hydroxylation is 1. The van der Waals surface area contributed by atoms with Gasteiger partial charge in [0.15, 0.2) is 5.13 Å². The maximum absolute atomic E-state index is 12.5. The molecule has 1 aliphatic heterocycles. The molecule has 19 heavy (non-hydrogen) atoms. The van der Waals surface area contributed by atoms with Gasteiger partial charge in [0.25, 0.3) is 0 Å². The van der Waals surface area contributed by atoms with Gasteiger partial charge in [0.2, 0.25) is 0 Å². The molecule has 0 spiro atoms. The van der Waals surface area contributed by atoms with Crippen molar-refractivity contribution in [2.24, 2.45) is 0 Å². The SMILES string of the molecule is FC(F)(F)c1cnc(NC2CCc3ncnn3C2)s1. The van der Waals surface area contributed by atoms with E-state index in [9.17, 15) is 13.2 Å². The highest BCUT2D eigenvalue weighted by Gasteiger charge is 2.33. The van der Waals surface area contributed by atoms with E-state index in [1.54, 1.807) is 4.68 Å². The molecule has 1 aliphatic rings. The molecule has 2 aromatic rings. The Morgan fingerprint density at radius 1 is 1.37 bits per heavy atom. The van der Waals surface area contributed by atoms with Crippen LogP contribution in [0.3, 0.4) is 0 Å². The highest BCUT2D eigenvalue weighted by atomic mass is 32.1. The van der Waals surface area contributed by atoms with Gasteiger partial charge < -0.3 is 5.32 Å². The monoisotopic (exact) mass is 289 g/mol. The maximum atomic E-state index is 12.5. The van der Waals surface area contributed by atoms with E-state index in [4.69, 9.17) is 0 Å². The minimum atomic E-state index is -4.33. The number of hydrogen-bond acceptors (Lipinski definition) is 5. The summed E-state index contributed by atoms with van der Waals surface area (Å²) in [4.78, 5) is 7.17. The number of aromatic nitrogens is 4. The summed E-state index contributed by atoms with van der Waals surface area (Å²) < 4.78 is 39.1. The number of anilines is 1. The molecule has 0 aromatic carbocycles. The van der Waals surface area contributed by atoms with Gasteiger partial charge in [-0.3, -0.25) is 0 Å². The van der Waals surface area contributed by atoms with Crippen LogP contribution in [0.25, 0.3) is 0 Å². The molecule has 0 fully saturated rings. The number of nitrogens with zero attached hydrogens (tertiary/aromatic N) is 4. The summed E-state index contributed by atoms with van der Waals surface area (Å²) >= 11 is 0.624. The zero-order valence-electron chi connectivity index (χ0n) is 9.68. The van der Waals surface area contributed by atoms with Gasteiger partial charge in [0, 0.05) is 12.5 Å². The van der Waals surface area contributed by atoms with E-state index in [2.05, 4.69) is 20.4 Å². The number of thiazole rings is 1. The Kier molecular flexibility index (Phi) is 2.92. The molecule has 9 heteroatoms. The van der Waals surface area contributed by atoms with E-state index in [-0.39, 0.29) is 6.04 Å². The number of rotatable bonds is 2. The van der Waals surface area contributed by atoms with E-state index in [1.807, 2.05) is 0 Å². The summed E-state index contributed by atoms with van der Waals surface area (Å²) in [7, 11) is 0. The van der Waals surface area contributed by atoms with Crippen LogP contribution in [0.2, 0.25) is 0 Å². The standard InChI is InChI=1S/C10H10F3N5S/c11-10(12,13)7-3-14-9(19-7)17-6-1-2-8-15-5-16-18(8)4-6/h3,5-6H,1-2,4H2,(H,14,17). The van der Waals surface area contributed by atoms with Crippen molar-refractivity contribution >= 4 is 16.5 Å². The van der Waals surface area contributed by atoms with Gasteiger partial charge in [-0.25, -0.2) is 14.6 Å². The largest absolute Gasteiger partial charge is 0.427 e. The fraction of sp³-hybridized carbons (Fsp3) is 0.500. The van der Waals surface area contributed by atoms with Crippen LogP contribution < -0.4 is 5.32 Å². The summed E-state index contributed by atoms with van der Waals surface area (Å²) in [5.41, 5.74) is 0. The van der Waals surface area contributed by atoms with Crippen molar-refractivity contribution in [3.8, 4) is 0 Å². The number of fused-ring (bicyclic) bond motifs is 1. The van der Waals surface area contributed by atoms with Crippen LogP contribution in [0.15, 0.2) is 12.5 Å². The van der Waals surface area contributed by atoms with E-state index >= 15 is 0 Å². The zero-order valence-corrected chi connectivity index (χ0v) is 10.5. The van der Waals surface area contributed by atoms with Crippen molar-refractivity contribution < 1.29 is 13.2 Å². The molecule has 102 valence electrons. The highest BCUT2D eigenvalue weighted by Crippen LogP contribution is 2.35. The molecule has 0 radical (unpaired) electrons. The minimum absolute atomic E-state index is 0.0291. The van der Waals surface area contributed by atoms with Crippen molar-refractivity contribution in [3.63, 3.8) is 0 Å². The average molecular weight is 289 g/mol. The van der Waals surface area contributed by atoms with Crippen molar-refractivity contribution in [1.82, 2.24) is 19.7 Å². The molecular weight excluding hydrogens is 279 g/mol. The van der Waals surface area contributed by atoms with Gasteiger partial charge in [0.05, 0.1) is 12.7 Å². The summed E-state index contributed by atoms with van der Waals surface area (Å²) in [6, 6.07) is 0.0291. The van der Waals surface area contributed by atoms with E-state index < -0.39 is 11.1 Å². The molecule has 5 nitrogen and oxygen atoms in total. The lowest BCUT2D eigenvalue weighted by atomic mass is 10.1. The molecule has 1 N–H and O–H groups in total. The Labute approximate surface area is 110 Å². The molecule has 0 saturated heterocycles. The van der Waals surface area contributed by atoms with Crippen LogP contribution in [0.1, 0.15) is 17.1 Å². The normalized spacial score (nSPS) is 19.2. The van der Waals surface area contributed by atoms with Crippen molar-refractivity contribution in [2.45, 2.75) is 31.6 Å². The Morgan fingerprint density at radius 2 is 2.21 bits per heavy atom. The van der Waals surface area contributed by atoms with Crippen molar-refractivity contribution in [2.75, 3.05) is 5.32 Å². The summed E-state index contributed by atoms with van der Waals surface area (Å²) in [5.74, 6) is 0.910. The van der Waals surface area contributed by atoms with Gasteiger partial charge in [-0.05, 0) is 6.42 Å². The van der Waals surface area contributed by atoms with E-state index in [1.165, 1.54) is 6.33 Å². The number of hydrogen-bond donors (Lipinski definition) is 1. The fourth-order valence-corrected chi connectivity index (χ4v) is 2.76. The maximum Gasteiger partial charge on any atom is 0.427 e. The Balaban J connectivity index is 1.68. The van der Waals surface area contributed by atoms with Crippen LogP contribution in [-0.4, -0.2) is 25.8 Å². The van der Waals surface area contributed by atoms with Gasteiger partial charge in [-0.2, -0.15) is 18.3 Å². The number of alkyl halides is 3. The minimum Gasteiger partial charge on any atom is -0.357 e. The molecule has 3 heterocycles.